The molecular formula is C15H17ClN4O2. The van der Waals surface area contributed by atoms with Crippen molar-refractivity contribution in [2.24, 2.45) is 0 Å². The summed E-state index contributed by atoms with van der Waals surface area (Å²) in [7, 11) is 0. The van der Waals surface area contributed by atoms with Crippen LogP contribution in [0.2, 0.25) is 5.02 Å². The van der Waals surface area contributed by atoms with E-state index in [1.54, 1.807) is 6.92 Å². The lowest BCUT2D eigenvalue weighted by molar-refractivity contribution is 0.0518. The van der Waals surface area contributed by atoms with Gasteiger partial charge in [-0.25, -0.2) is 4.79 Å². The Kier molecular flexibility index (Phi) is 4.29. The molecule has 2 aromatic rings. The molecule has 1 aromatic heterocycles. The number of carbonyl (C=O) groups excluding carboxylic acids is 1. The first-order valence-electron chi connectivity index (χ1n) is 7.29. The maximum atomic E-state index is 11.9. The fraction of sp³-hybridized carbons (Fsp3) is 0.400. The molecule has 0 amide bonds. The van der Waals surface area contributed by atoms with Gasteiger partial charge in [0, 0.05) is 17.3 Å². The fourth-order valence-electron chi connectivity index (χ4n) is 2.71. The molecule has 0 unspecified atom stereocenters. The predicted octanol–water partition coefficient (Wildman–Crippen LogP) is 2.59. The highest BCUT2D eigenvalue weighted by Gasteiger charge is 2.23. The fourth-order valence-corrected chi connectivity index (χ4v) is 2.91. The summed E-state index contributed by atoms with van der Waals surface area (Å²) in [6.45, 7) is 3.50. The van der Waals surface area contributed by atoms with E-state index < -0.39 is 5.97 Å². The third-order valence-corrected chi connectivity index (χ3v) is 3.92. The summed E-state index contributed by atoms with van der Waals surface area (Å²) in [6.07, 6.45) is 2.05. The summed E-state index contributed by atoms with van der Waals surface area (Å²) in [4.78, 5) is 14.1. The zero-order valence-electron chi connectivity index (χ0n) is 12.3. The summed E-state index contributed by atoms with van der Waals surface area (Å²) in [5.41, 5.74) is 3.21. The van der Waals surface area contributed by atoms with Crippen LogP contribution >= 0.6 is 11.6 Å². The maximum absolute atomic E-state index is 11.9. The van der Waals surface area contributed by atoms with Gasteiger partial charge in [-0.15, -0.1) is 5.10 Å². The summed E-state index contributed by atoms with van der Waals surface area (Å²) in [5.74, 6) is -0.445. The molecule has 0 saturated carbocycles. The maximum Gasteiger partial charge on any atom is 0.360 e. The van der Waals surface area contributed by atoms with E-state index in [9.17, 15) is 4.79 Å². The zero-order chi connectivity index (χ0) is 15.5. The standard InChI is InChI=1S/C15H17ClN4O2/c1-2-22-15(21)14-12(17-19-18-14)9-20-7-3-4-10-8-11(16)5-6-13(10)20/h5-6,8H,2-4,7,9H2,1H3,(H,17,18,19). The smallest absolute Gasteiger partial charge is 0.360 e. The number of nitrogens with one attached hydrogen (secondary N) is 1. The molecule has 0 spiro atoms. The molecule has 0 atom stereocenters. The van der Waals surface area contributed by atoms with E-state index in [0.29, 0.717) is 18.8 Å². The second-order valence-electron chi connectivity index (χ2n) is 5.14. The van der Waals surface area contributed by atoms with Gasteiger partial charge >= 0.3 is 5.97 Å². The van der Waals surface area contributed by atoms with Crippen LogP contribution < -0.4 is 4.90 Å². The number of fused-ring (bicyclic) bond motifs is 1. The number of H-pyrrole nitrogens is 1. The van der Waals surface area contributed by atoms with Crippen LogP contribution in [0.1, 0.15) is 35.1 Å². The van der Waals surface area contributed by atoms with Crippen molar-refractivity contribution >= 4 is 23.3 Å². The molecule has 2 heterocycles. The van der Waals surface area contributed by atoms with Crippen LogP contribution in [0, 0.1) is 0 Å². The largest absolute Gasteiger partial charge is 0.461 e. The summed E-state index contributed by atoms with van der Waals surface area (Å²) < 4.78 is 5.00. The first-order valence-corrected chi connectivity index (χ1v) is 7.67. The molecule has 1 aliphatic heterocycles. The van der Waals surface area contributed by atoms with Gasteiger partial charge in [-0.3, -0.25) is 0 Å². The normalized spacial score (nSPS) is 13.8. The summed E-state index contributed by atoms with van der Waals surface area (Å²) in [5, 5.41) is 11.3. The lowest BCUT2D eigenvalue weighted by Gasteiger charge is -2.30. The number of esters is 1. The van der Waals surface area contributed by atoms with Crippen molar-refractivity contribution in [3.8, 4) is 0 Å². The summed E-state index contributed by atoms with van der Waals surface area (Å²) >= 11 is 6.06. The van der Waals surface area contributed by atoms with Crippen molar-refractivity contribution in [3.63, 3.8) is 0 Å². The minimum absolute atomic E-state index is 0.253. The number of aryl methyl sites for hydroxylation is 1. The van der Waals surface area contributed by atoms with E-state index in [4.69, 9.17) is 16.3 Å². The summed E-state index contributed by atoms with van der Waals surface area (Å²) in [6, 6.07) is 5.90. The van der Waals surface area contributed by atoms with Crippen molar-refractivity contribution in [2.45, 2.75) is 26.3 Å². The molecule has 0 radical (unpaired) electrons. The number of anilines is 1. The van der Waals surface area contributed by atoms with E-state index in [1.807, 2.05) is 18.2 Å². The van der Waals surface area contributed by atoms with Gasteiger partial charge in [-0.05, 0) is 43.5 Å². The average molecular weight is 321 g/mol. The van der Waals surface area contributed by atoms with Gasteiger partial charge in [0.1, 0.15) is 5.69 Å². The number of nitrogens with zero attached hydrogens (tertiary/aromatic N) is 3. The van der Waals surface area contributed by atoms with E-state index in [-0.39, 0.29) is 5.69 Å². The number of aromatic nitrogens is 3. The average Bonchev–Trinajstić information content (AvgIpc) is 2.95. The number of carbonyl (C=O) groups is 1. The van der Waals surface area contributed by atoms with Gasteiger partial charge in [0.05, 0.1) is 13.2 Å². The third kappa shape index (κ3) is 2.92. The lowest BCUT2D eigenvalue weighted by Crippen LogP contribution is -2.29. The molecule has 1 aliphatic rings. The van der Waals surface area contributed by atoms with Crippen LogP contribution in [0.3, 0.4) is 0 Å². The Morgan fingerprint density at radius 3 is 3.14 bits per heavy atom. The van der Waals surface area contributed by atoms with E-state index >= 15 is 0 Å². The van der Waals surface area contributed by atoms with Crippen LogP contribution in [0.25, 0.3) is 0 Å². The molecule has 6 nitrogen and oxygen atoms in total. The number of hydrogen-bond acceptors (Lipinski definition) is 5. The quantitative estimate of drug-likeness (QED) is 0.877. The van der Waals surface area contributed by atoms with Crippen molar-refractivity contribution in [2.75, 3.05) is 18.1 Å². The second kappa shape index (κ2) is 6.36. The van der Waals surface area contributed by atoms with Gasteiger partial charge in [0.15, 0.2) is 5.69 Å². The molecule has 22 heavy (non-hydrogen) atoms. The van der Waals surface area contributed by atoms with Crippen molar-refractivity contribution in [3.05, 3.63) is 40.2 Å². The van der Waals surface area contributed by atoms with Crippen molar-refractivity contribution in [1.82, 2.24) is 15.4 Å². The number of benzene rings is 1. The molecule has 7 heteroatoms. The van der Waals surface area contributed by atoms with E-state index in [0.717, 1.165) is 30.1 Å². The molecular weight excluding hydrogens is 304 g/mol. The van der Waals surface area contributed by atoms with Gasteiger partial charge in [-0.2, -0.15) is 10.3 Å². The molecule has 1 N–H and O–H groups in total. The van der Waals surface area contributed by atoms with Gasteiger partial charge in [0.2, 0.25) is 0 Å². The van der Waals surface area contributed by atoms with Crippen LogP contribution in [0.15, 0.2) is 18.2 Å². The van der Waals surface area contributed by atoms with Crippen LogP contribution in [-0.4, -0.2) is 34.5 Å². The van der Waals surface area contributed by atoms with Crippen molar-refractivity contribution in [1.29, 1.82) is 0 Å². The number of halogens is 1. The second-order valence-corrected chi connectivity index (χ2v) is 5.57. The number of ether oxygens (including phenoxy) is 1. The highest BCUT2D eigenvalue weighted by Crippen LogP contribution is 2.30. The number of aromatic amines is 1. The minimum atomic E-state index is -0.445. The molecule has 116 valence electrons. The molecule has 0 bridgehead atoms. The Morgan fingerprint density at radius 2 is 2.32 bits per heavy atom. The van der Waals surface area contributed by atoms with Crippen LogP contribution in [0.5, 0.6) is 0 Å². The van der Waals surface area contributed by atoms with E-state index in [1.165, 1.54) is 5.56 Å². The first-order chi connectivity index (χ1) is 10.7. The van der Waals surface area contributed by atoms with Gasteiger partial charge in [-0.1, -0.05) is 11.6 Å². The topological polar surface area (TPSA) is 71.1 Å². The molecule has 0 aliphatic carbocycles. The Balaban J connectivity index is 1.84. The zero-order valence-corrected chi connectivity index (χ0v) is 13.1. The molecule has 1 aromatic carbocycles. The molecule has 3 rings (SSSR count). The third-order valence-electron chi connectivity index (χ3n) is 3.69. The Hall–Kier alpha value is -2.08. The molecule has 0 fully saturated rings. The highest BCUT2D eigenvalue weighted by atomic mass is 35.5. The monoisotopic (exact) mass is 320 g/mol. The Morgan fingerprint density at radius 1 is 1.45 bits per heavy atom. The van der Waals surface area contributed by atoms with Crippen LogP contribution in [0.4, 0.5) is 5.69 Å². The van der Waals surface area contributed by atoms with Crippen molar-refractivity contribution < 1.29 is 9.53 Å². The lowest BCUT2D eigenvalue weighted by atomic mass is 10.0. The first kappa shape index (κ1) is 14.8. The van der Waals surface area contributed by atoms with E-state index in [2.05, 4.69) is 20.3 Å². The Bertz CT molecular complexity index is 686. The van der Waals surface area contributed by atoms with Gasteiger partial charge < -0.3 is 9.64 Å². The number of rotatable bonds is 4. The SMILES string of the molecule is CCOC(=O)c1n[nH]nc1CN1CCCc2cc(Cl)ccc21. The van der Waals surface area contributed by atoms with Gasteiger partial charge in [0.25, 0.3) is 0 Å². The number of hydrogen-bond donors (Lipinski definition) is 1. The predicted molar refractivity (Wildman–Crippen MR) is 83.2 cm³/mol. The van der Waals surface area contributed by atoms with Crippen LogP contribution in [-0.2, 0) is 17.7 Å². The highest BCUT2D eigenvalue weighted by molar-refractivity contribution is 6.30. The Labute approximate surface area is 133 Å². The minimum Gasteiger partial charge on any atom is -0.461 e. The molecule has 0 saturated heterocycles.